The van der Waals surface area contributed by atoms with Crippen molar-refractivity contribution >= 4 is 57.9 Å². The first-order valence-electron chi connectivity index (χ1n) is 7.81. The van der Waals surface area contributed by atoms with Crippen LogP contribution in [0.3, 0.4) is 0 Å². The number of carbonyl (C=O) groups excluding carboxylic acids is 3. The second-order valence-electron chi connectivity index (χ2n) is 5.61. The van der Waals surface area contributed by atoms with E-state index in [0.29, 0.717) is 19.9 Å². The van der Waals surface area contributed by atoms with Crippen LogP contribution in [0.1, 0.15) is 35.0 Å². The van der Waals surface area contributed by atoms with Crippen molar-refractivity contribution in [2.45, 2.75) is 32.8 Å². The standard InChI is InChI=1S/C18H17Cl2NO4S/c1-10-3-4-12(19)9-13(10)21-18(24)11(2)25-17(23)8-5-14(22)15-6-7-16(20)26-15/h3-4,6-7,9,11H,5,8H2,1-2H3,(H,21,24)/t11-/m0/s1. The number of thiophene rings is 1. The van der Waals surface area contributed by atoms with Crippen LogP contribution in [0.5, 0.6) is 0 Å². The molecule has 1 aromatic carbocycles. The number of rotatable bonds is 7. The van der Waals surface area contributed by atoms with Crippen LogP contribution in [0.15, 0.2) is 30.3 Å². The summed E-state index contributed by atoms with van der Waals surface area (Å²) in [6.45, 7) is 3.29. The fourth-order valence-corrected chi connectivity index (χ4v) is 3.26. The van der Waals surface area contributed by atoms with E-state index in [1.807, 2.05) is 6.92 Å². The number of nitrogens with one attached hydrogen (secondary N) is 1. The van der Waals surface area contributed by atoms with Crippen molar-refractivity contribution in [1.29, 1.82) is 0 Å². The Morgan fingerprint density at radius 1 is 1.15 bits per heavy atom. The molecular weight excluding hydrogens is 397 g/mol. The lowest BCUT2D eigenvalue weighted by Crippen LogP contribution is -2.30. The van der Waals surface area contributed by atoms with Crippen LogP contribution in [0.25, 0.3) is 0 Å². The second-order valence-corrected chi connectivity index (χ2v) is 7.76. The van der Waals surface area contributed by atoms with Gasteiger partial charge in [-0.25, -0.2) is 0 Å². The van der Waals surface area contributed by atoms with E-state index in [9.17, 15) is 14.4 Å². The SMILES string of the molecule is Cc1ccc(Cl)cc1NC(=O)[C@H](C)OC(=O)CCC(=O)c1ccc(Cl)s1. The average Bonchev–Trinajstić information content (AvgIpc) is 3.02. The van der Waals surface area contributed by atoms with Gasteiger partial charge in [-0.1, -0.05) is 29.3 Å². The molecule has 1 N–H and O–H groups in total. The average molecular weight is 414 g/mol. The van der Waals surface area contributed by atoms with Gasteiger partial charge in [0.05, 0.1) is 15.6 Å². The molecule has 8 heteroatoms. The number of benzene rings is 1. The van der Waals surface area contributed by atoms with E-state index < -0.39 is 18.0 Å². The molecule has 0 radical (unpaired) electrons. The Morgan fingerprint density at radius 2 is 1.88 bits per heavy atom. The van der Waals surface area contributed by atoms with Gasteiger partial charge in [0.2, 0.25) is 0 Å². The Hall–Kier alpha value is -1.89. The van der Waals surface area contributed by atoms with Gasteiger partial charge in [0.1, 0.15) is 0 Å². The summed E-state index contributed by atoms with van der Waals surface area (Å²) >= 11 is 12.9. The zero-order valence-corrected chi connectivity index (χ0v) is 16.5. The highest BCUT2D eigenvalue weighted by molar-refractivity contribution is 7.18. The number of hydrogen-bond acceptors (Lipinski definition) is 5. The van der Waals surface area contributed by atoms with Crippen molar-refractivity contribution in [1.82, 2.24) is 0 Å². The minimum absolute atomic E-state index is 0.00256. The summed E-state index contributed by atoms with van der Waals surface area (Å²) in [5.74, 6) is -1.28. The maximum absolute atomic E-state index is 12.2. The van der Waals surface area contributed by atoms with Gasteiger partial charge in [-0.15, -0.1) is 11.3 Å². The Labute approximate surface area is 165 Å². The van der Waals surface area contributed by atoms with Gasteiger partial charge in [0.25, 0.3) is 5.91 Å². The highest BCUT2D eigenvalue weighted by Gasteiger charge is 2.20. The summed E-state index contributed by atoms with van der Waals surface area (Å²) in [5.41, 5.74) is 1.39. The lowest BCUT2D eigenvalue weighted by atomic mass is 10.2. The van der Waals surface area contributed by atoms with Gasteiger partial charge in [-0.3, -0.25) is 14.4 Å². The van der Waals surface area contributed by atoms with Gasteiger partial charge >= 0.3 is 5.97 Å². The maximum Gasteiger partial charge on any atom is 0.307 e. The van der Waals surface area contributed by atoms with Gasteiger partial charge in [-0.2, -0.15) is 0 Å². The maximum atomic E-state index is 12.2. The molecule has 1 aromatic heterocycles. The van der Waals surface area contributed by atoms with Crippen molar-refractivity contribution in [2.24, 2.45) is 0 Å². The number of anilines is 1. The van der Waals surface area contributed by atoms with Crippen LogP contribution >= 0.6 is 34.5 Å². The third-order valence-electron chi connectivity index (χ3n) is 3.54. The van der Waals surface area contributed by atoms with Crippen LogP contribution < -0.4 is 5.32 Å². The van der Waals surface area contributed by atoms with Crippen LogP contribution in [0.4, 0.5) is 5.69 Å². The molecule has 0 unspecified atom stereocenters. The zero-order chi connectivity index (χ0) is 19.3. The molecule has 0 spiro atoms. The number of esters is 1. The molecule has 1 heterocycles. The predicted molar refractivity (Wildman–Crippen MR) is 103 cm³/mol. The highest BCUT2D eigenvalue weighted by Crippen LogP contribution is 2.23. The summed E-state index contributed by atoms with van der Waals surface area (Å²) in [5, 5.41) is 3.16. The predicted octanol–water partition coefficient (Wildman–Crippen LogP) is 4.90. The molecule has 0 fully saturated rings. The minimum Gasteiger partial charge on any atom is -0.453 e. The molecule has 1 atom stereocenters. The van der Waals surface area contributed by atoms with E-state index in [0.717, 1.165) is 16.9 Å². The Bertz CT molecular complexity index is 834. The van der Waals surface area contributed by atoms with Crippen molar-refractivity contribution in [3.05, 3.63) is 50.1 Å². The van der Waals surface area contributed by atoms with Crippen LogP contribution in [-0.4, -0.2) is 23.8 Å². The first kappa shape index (κ1) is 20.4. The monoisotopic (exact) mass is 413 g/mol. The molecule has 2 aromatic rings. The van der Waals surface area contributed by atoms with Crippen LogP contribution in [0.2, 0.25) is 9.36 Å². The van der Waals surface area contributed by atoms with E-state index in [2.05, 4.69) is 5.32 Å². The first-order chi connectivity index (χ1) is 12.3. The molecule has 2 rings (SSSR count). The number of ketones is 1. The smallest absolute Gasteiger partial charge is 0.307 e. The fraction of sp³-hybridized carbons (Fsp3) is 0.278. The van der Waals surface area contributed by atoms with Crippen molar-refractivity contribution in [2.75, 3.05) is 5.32 Å². The highest BCUT2D eigenvalue weighted by atomic mass is 35.5. The molecule has 0 aliphatic carbocycles. The number of hydrogen-bond donors (Lipinski definition) is 1. The van der Waals surface area contributed by atoms with Gasteiger partial charge in [-0.05, 0) is 43.7 Å². The second kappa shape index (κ2) is 9.16. The topological polar surface area (TPSA) is 72.5 Å². The summed E-state index contributed by atoms with van der Waals surface area (Å²) in [7, 11) is 0. The van der Waals surface area contributed by atoms with Crippen molar-refractivity contribution in [3.63, 3.8) is 0 Å². The molecule has 0 saturated heterocycles. The Balaban J connectivity index is 1.83. The van der Waals surface area contributed by atoms with Crippen molar-refractivity contribution < 1.29 is 19.1 Å². The van der Waals surface area contributed by atoms with Gasteiger partial charge in [0, 0.05) is 17.1 Å². The van der Waals surface area contributed by atoms with E-state index in [1.165, 1.54) is 6.92 Å². The summed E-state index contributed by atoms with van der Waals surface area (Å²) in [4.78, 5) is 36.5. The molecule has 138 valence electrons. The lowest BCUT2D eigenvalue weighted by Gasteiger charge is -2.14. The van der Waals surface area contributed by atoms with E-state index in [1.54, 1.807) is 30.3 Å². The lowest BCUT2D eigenvalue weighted by molar-refractivity contribution is -0.153. The molecule has 0 bridgehead atoms. The quantitative estimate of drug-likeness (QED) is 0.517. The zero-order valence-electron chi connectivity index (χ0n) is 14.2. The normalized spacial score (nSPS) is 11.7. The fourth-order valence-electron chi connectivity index (χ4n) is 2.08. The molecular formula is C18H17Cl2NO4S. The Morgan fingerprint density at radius 3 is 2.54 bits per heavy atom. The number of carbonyl (C=O) groups is 3. The first-order valence-corrected chi connectivity index (χ1v) is 9.38. The molecule has 0 saturated carbocycles. The van der Waals surface area contributed by atoms with Crippen LogP contribution in [-0.2, 0) is 14.3 Å². The Kier molecular flexibility index (Phi) is 7.20. The molecule has 26 heavy (non-hydrogen) atoms. The summed E-state index contributed by atoms with van der Waals surface area (Å²) < 4.78 is 5.60. The third-order valence-corrected chi connectivity index (χ3v) is 5.05. The molecule has 0 aliphatic heterocycles. The molecule has 5 nitrogen and oxygen atoms in total. The summed E-state index contributed by atoms with van der Waals surface area (Å²) in [6, 6.07) is 8.35. The third kappa shape index (κ3) is 5.83. The van der Waals surface area contributed by atoms with Gasteiger partial charge < -0.3 is 10.1 Å². The molecule has 0 aliphatic rings. The number of aryl methyl sites for hydroxylation is 1. The minimum atomic E-state index is -0.993. The number of amides is 1. The molecule has 1 amide bonds. The summed E-state index contributed by atoms with van der Waals surface area (Å²) in [6.07, 6.45) is -1.10. The van der Waals surface area contributed by atoms with E-state index >= 15 is 0 Å². The number of Topliss-reactive ketones (excluding diaryl/α,β-unsaturated/α-hetero) is 1. The largest absolute Gasteiger partial charge is 0.453 e. The van der Waals surface area contributed by atoms with Gasteiger partial charge in [0.15, 0.2) is 11.9 Å². The number of halogens is 2. The van der Waals surface area contributed by atoms with E-state index in [4.69, 9.17) is 27.9 Å². The number of ether oxygens (including phenoxy) is 1. The van der Waals surface area contributed by atoms with Crippen molar-refractivity contribution in [3.8, 4) is 0 Å². The van der Waals surface area contributed by atoms with E-state index in [-0.39, 0.29) is 18.6 Å². The van der Waals surface area contributed by atoms with Crippen LogP contribution in [0, 0.1) is 6.92 Å².